The molecule has 0 atom stereocenters. The summed E-state index contributed by atoms with van der Waals surface area (Å²) >= 11 is 0. The van der Waals surface area contributed by atoms with Gasteiger partial charge in [-0.1, -0.05) is 54.6 Å². The number of carboxylic acids is 1. The van der Waals surface area contributed by atoms with Crippen LogP contribution < -0.4 is 14.2 Å². The summed E-state index contributed by atoms with van der Waals surface area (Å²) in [4.78, 5) is 54.8. The molecule has 3 aromatic rings. The molecule has 0 aromatic heterocycles. The molecule has 0 radical (unpaired) electrons. The fourth-order valence-electron chi connectivity index (χ4n) is 7.62. The number of hydrogen-bond donors (Lipinski definition) is 1. The normalized spacial score (nSPS) is 29.8. The maximum absolute atomic E-state index is 14.0. The Hall–Kier alpha value is -4.46. The third kappa shape index (κ3) is 4.24. The van der Waals surface area contributed by atoms with Gasteiger partial charge in [0.1, 0.15) is 17.2 Å². The van der Waals surface area contributed by atoms with Crippen LogP contribution in [0.5, 0.6) is 17.2 Å². The topological polar surface area (TPSA) is 116 Å². The van der Waals surface area contributed by atoms with Gasteiger partial charge in [-0.15, -0.1) is 0 Å². The zero-order chi connectivity index (χ0) is 28.0. The predicted octanol–water partition coefficient (Wildman–Crippen LogP) is 5.21. The first kappa shape index (κ1) is 25.8. The van der Waals surface area contributed by atoms with Crippen LogP contribution in [-0.4, -0.2) is 29.0 Å². The van der Waals surface area contributed by atoms with Crippen molar-refractivity contribution in [3.63, 3.8) is 0 Å². The van der Waals surface area contributed by atoms with Gasteiger partial charge in [-0.2, -0.15) is 0 Å². The van der Waals surface area contributed by atoms with E-state index >= 15 is 0 Å². The Kier molecular flexibility index (Phi) is 6.02. The van der Waals surface area contributed by atoms with Gasteiger partial charge < -0.3 is 19.3 Å². The van der Waals surface area contributed by atoms with E-state index in [2.05, 4.69) is 0 Å². The highest BCUT2D eigenvalue weighted by Crippen LogP contribution is 2.74. The van der Waals surface area contributed by atoms with Crippen LogP contribution in [0, 0.1) is 21.7 Å². The van der Waals surface area contributed by atoms with Crippen molar-refractivity contribution < 1.29 is 38.5 Å². The van der Waals surface area contributed by atoms with Crippen molar-refractivity contribution in [2.45, 2.75) is 38.5 Å². The van der Waals surface area contributed by atoms with Crippen molar-refractivity contribution in [1.82, 2.24) is 0 Å². The molecule has 3 aromatic carbocycles. The SMILES string of the molecule is O=C(O)C12CC3(C(=O)Oc4ccccc4)CC(C(=O)Oc4ccccc4)(C1)CC(C(=O)Oc1ccccc1)(C2)C3. The van der Waals surface area contributed by atoms with Gasteiger partial charge in [0.25, 0.3) is 0 Å². The van der Waals surface area contributed by atoms with E-state index in [4.69, 9.17) is 14.2 Å². The number of para-hydroxylation sites is 3. The van der Waals surface area contributed by atoms with Gasteiger partial charge in [0.05, 0.1) is 21.7 Å². The van der Waals surface area contributed by atoms with E-state index in [9.17, 15) is 24.3 Å². The molecule has 0 heterocycles. The van der Waals surface area contributed by atoms with Crippen LogP contribution in [0.4, 0.5) is 0 Å². The molecular formula is C32H28O8. The minimum atomic E-state index is -1.52. The first-order valence-corrected chi connectivity index (χ1v) is 13.2. The predicted molar refractivity (Wildman–Crippen MR) is 141 cm³/mol. The number of ether oxygens (including phenoxy) is 3. The molecule has 4 saturated carbocycles. The number of hydrogen-bond acceptors (Lipinski definition) is 7. The number of carboxylic acid groups (broad SMARTS) is 1. The van der Waals surface area contributed by atoms with Gasteiger partial charge >= 0.3 is 23.9 Å². The average Bonchev–Trinajstić information content (AvgIpc) is 2.94. The smallest absolute Gasteiger partial charge is 0.317 e. The highest BCUT2D eigenvalue weighted by atomic mass is 16.5. The van der Waals surface area contributed by atoms with Crippen molar-refractivity contribution in [1.29, 1.82) is 0 Å². The van der Waals surface area contributed by atoms with E-state index in [0.717, 1.165) is 0 Å². The highest BCUT2D eigenvalue weighted by Gasteiger charge is 2.77. The van der Waals surface area contributed by atoms with E-state index in [-0.39, 0.29) is 38.5 Å². The molecule has 7 rings (SSSR count). The van der Waals surface area contributed by atoms with Crippen molar-refractivity contribution in [3.8, 4) is 17.2 Å². The van der Waals surface area contributed by atoms with Gasteiger partial charge in [0.15, 0.2) is 0 Å². The summed E-state index contributed by atoms with van der Waals surface area (Å²) in [7, 11) is 0. The maximum Gasteiger partial charge on any atom is 0.317 e. The lowest BCUT2D eigenvalue weighted by Gasteiger charge is -2.65. The van der Waals surface area contributed by atoms with E-state index in [1.54, 1.807) is 91.0 Å². The molecule has 0 spiro atoms. The lowest BCUT2D eigenvalue weighted by Crippen LogP contribution is -2.69. The second-order valence-electron chi connectivity index (χ2n) is 11.6. The third-order valence-electron chi connectivity index (χ3n) is 8.67. The van der Waals surface area contributed by atoms with E-state index in [0.29, 0.717) is 17.2 Å². The fraction of sp³-hybridized carbons (Fsp3) is 0.312. The molecule has 0 amide bonds. The highest BCUT2D eigenvalue weighted by molar-refractivity contribution is 5.93. The molecule has 4 aliphatic rings. The van der Waals surface area contributed by atoms with Gasteiger partial charge in [0.2, 0.25) is 0 Å². The third-order valence-corrected chi connectivity index (χ3v) is 8.67. The molecule has 0 aliphatic heterocycles. The molecular weight excluding hydrogens is 512 g/mol. The number of aliphatic carboxylic acids is 1. The lowest BCUT2D eigenvalue weighted by molar-refractivity contribution is -0.226. The molecule has 204 valence electrons. The molecule has 40 heavy (non-hydrogen) atoms. The van der Waals surface area contributed by atoms with Crippen LogP contribution in [0.25, 0.3) is 0 Å². The summed E-state index contributed by atoms with van der Waals surface area (Å²) in [5, 5.41) is 10.6. The summed E-state index contributed by atoms with van der Waals surface area (Å²) in [5.74, 6) is -2.22. The standard InChI is InChI=1S/C32H28O8/c33-25(34)29-16-30(26(35)38-22-10-4-1-5-11-22)19-31(17-29,27(36)39-23-12-6-2-7-13-23)21-32(18-29,20-30)28(37)40-24-14-8-3-9-15-24/h1-15H,16-21H2,(H,33,34). The van der Waals surface area contributed by atoms with Gasteiger partial charge in [-0.25, -0.2) is 0 Å². The minimum Gasteiger partial charge on any atom is -0.481 e. The Labute approximate surface area is 230 Å². The summed E-state index contributed by atoms with van der Waals surface area (Å²) < 4.78 is 17.3. The fourth-order valence-corrected chi connectivity index (χ4v) is 7.62. The number of rotatable bonds is 7. The zero-order valence-electron chi connectivity index (χ0n) is 21.7. The summed E-state index contributed by atoms with van der Waals surface area (Å²) in [5.41, 5.74) is -5.74. The Morgan fingerprint density at radius 2 is 0.700 bits per heavy atom. The number of esters is 3. The first-order valence-electron chi connectivity index (χ1n) is 13.2. The first-order chi connectivity index (χ1) is 19.2. The van der Waals surface area contributed by atoms with Crippen LogP contribution in [0.15, 0.2) is 91.0 Å². The van der Waals surface area contributed by atoms with Crippen molar-refractivity contribution in [3.05, 3.63) is 91.0 Å². The van der Waals surface area contributed by atoms with Gasteiger partial charge in [-0.3, -0.25) is 19.2 Å². The van der Waals surface area contributed by atoms with Gasteiger partial charge in [-0.05, 0) is 74.9 Å². The lowest BCUT2D eigenvalue weighted by atomic mass is 9.35. The zero-order valence-corrected chi connectivity index (χ0v) is 21.7. The van der Waals surface area contributed by atoms with E-state index in [1.165, 1.54) is 0 Å². The number of carbonyl (C=O) groups excluding carboxylic acids is 3. The summed E-state index contributed by atoms with van der Waals surface area (Å²) in [6, 6.07) is 25.4. The molecule has 4 bridgehead atoms. The molecule has 8 heteroatoms. The quantitative estimate of drug-likeness (QED) is 0.321. The van der Waals surface area contributed by atoms with Crippen LogP contribution in [0.3, 0.4) is 0 Å². The van der Waals surface area contributed by atoms with Crippen LogP contribution in [0.2, 0.25) is 0 Å². The number of carbonyl (C=O) groups is 4. The average molecular weight is 541 g/mol. The van der Waals surface area contributed by atoms with Gasteiger partial charge in [0, 0.05) is 0 Å². The van der Waals surface area contributed by atoms with Crippen molar-refractivity contribution >= 4 is 23.9 Å². The summed E-state index contributed by atoms with van der Waals surface area (Å²) in [6.07, 6.45) is -0.0581. The van der Waals surface area contributed by atoms with Crippen molar-refractivity contribution in [2.24, 2.45) is 21.7 Å². The van der Waals surface area contributed by atoms with E-state index < -0.39 is 45.5 Å². The van der Waals surface area contributed by atoms with Crippen LogP contribution >= 0.6 is 0 Å². The largest absolute Gasteiger partial charge is 0.481 e. The molecule has 4 aliphatic carbocycles. The van der Waals surface area contributed by atoms with Crippen LogP contribution in [-0.2, 0) is 19.2 Å². The second-order valence-corrected chi connectivity index (χ2v) is 11.6. The minimum absolute atomic E-state index is 0.0206. The second kappa shape index (κ2) is 9.33. The Morgan fingerprint density at radius 1 is 0.450 bits per heavy atom. The molecule has 0 saturated heterocycles. The molecule has 4 fully saturated rings. The molecule has 0 unspecified atom stereocenters. The Balaban J connectivity index is 1.45. The monoisotopic (exact) mass is 540 g/mol. The molecule has 1 N–H and O–H groups in total. The Morgan fingerprint density at radius 3 is 0.950 bits per heavy atom. The van der Waals surface area contributed by atoms with E-state index in [1.807, 2.05) is 0 Å². The van der Waals surface area contributed by atoms with Crippen molar-refractivity contribution in [2.75, 3.05) is 0 Å². The maximum atomic E-state index is 14.0. The summed E-state index contributed by atoms with van der Waals surface area (Å²) in [6.45, 7) is 0. The number of benzene rings is 3. The molecule has 8 nitrogen and oxygen atoms in total. The Bertz CT molecular complexity index is 1290. The van der Waals surface area contributed by atoms with Crippen LogP contribution in [0.1, 0.15) is 38.5 Å².